The first-order valence-electron chi connectivity index (χ1n) is 14.6. The summed E-state index contributed by atoms with van der Waals surface area (Å²) in [6.07, 6.45) is 0. The van der Waals surface area contributed by atoms with Gasteiger partial charge in [0.05, 0.1) is 33.0 Å². The van der Waals surface area contributed by atoms with Gasteiger partial charge in [-0.25, -0.2) is 9.78 Å². The number of aromatic nitrogens is 1. The second-order valence-electron chi connectivity index (χ2n) is 9.95. The third-order valence-electron chi connectivity index (χ3n) is 6.82. The lowest BCUT2D eigenvalue weighted by atomic mass is 10.2. The number of benzene rings is 4. The highest BCUT2D eigenvalue weighted by Gasteiger charge is 2.11. The zero-order valence-electron chi connectivity index (χ0n) is 25.3. The van der Waals surface area contributed by atoms with Crippen LogP contribution in [0.25, 0.3) is 9.53 Å². The number of esters is 1. The fourth-order valence-corrected chi connectivity index (χ4v) is 6.48. The Labute approximate surface area is 287 Å². The Hall–Kier alpha value is -4.98. The minimum Gasteiger partial charge on any atom is -0.423 e. The summed E-state index contributed by atoms with van der Waals surface area (Å²) in [6.45, 7) is 6.19. The van der Waals surface area contributed by atoms with Gasteiger partial charge in [0.15, 0.2) is 0 Å². The SMILES string of the molecule is CCN(CC)c1ccc(N=Nc2nc3sc(N=Nc4ccc(C(=O)Oc5ccc(N=Nc6ccc(Br)cc6)cc5)cc4)cc3s2)cc1. The standard InChI is InChI=1S/C34H27BrN8O2S2/c1-3-43(4-2)28-17-13-26(14-18-28)40-42-34-36-32-30(46-34)21-31(47-32)41-39-24-9-5-22(6-10-24)33(44)45-29-19-15-27(16-20-29)38-37-25-11-7-23(35)8-12-25/h5-21H,3-4H2,1-2H3. The molecule has 10 nitrogen and oxygen atoms in total. The van der Waals surface area contributed by atoms with Gasteiger partial charge in [-0.2, -0.15) is 10.2 Å². The third-order valence-corrected chi connectivity index (χ3v) is 9.27. The maximum atomic E-state index is 12.7. The van der Waals surface area contributed by atoms with E-state index in [1.54, 1.807) is 48.5 Å². The molecule has 0 saturated heterocycles. The molecule has 0 fully saturated rings. The summed E-state index contributed by atoms with van der Waals surface area (Å²) in [4.78, 5) is 20.4. The van der Waals surface area contributed by atoms with E-state index in [4.69, 9.17) is 4.74 Å². The van der Waals surface area contributed by atoms with E-state index in [0.29, 0.717) is 27.8 Å². The van der Waals surface area contributed by atoms with Gasteiger partial charge in [0.2, 0.25) is 5.13 Å². The van der Waals surface area contributed by atoms with E-state index in [0.717, 1.165) is 43.5 Å². The van der Waals surface area contributed by atoms with Crippen LogP contribution in [0.5, 0.6) is 5.75 Å². The summed E-state index contributed by atoms with van der Waals surface area (Å²) in [7, 11) is 0. The number of thiazole rings is 1. The minimum atomic E-state index is -0.480. The Kier molecular flexibility index (Phi) is 10.3. The molecular weight excluding hydrogens is 696 g/mol. The maximum Gasteiger partial charge on any atom is 0.343 e. The maximum absolute atomic E-state index is 12.7. The molecule has 2 heterocycles. The molecule has 6 rings (SSSR count). The van der Waals surface area contributed by atoms with Crippen molar-refractivity contribution in [2.45, 2.75) is 13.8 Å². The highest BCUT2D eigenvalue weighted by molar-refractivity contribution is 9.10. The molecule has 13 heteroatoms. The monoisotopic (exact) mass is 722 g/mol. The average molecular weight is 724 g/mol. The third kappa shape index (κ3) is 8.44. The Balaban J connectivity index is 1.02. The Morgan fingerprint density at radius 1 is 0.702 bits per heavy atom. The number of ether oxygens (including phenoxy) is 1. The van der Waals surface area contributed by atoms with Crippen molar-refractivity contribution in [1.29, 1.82) is 0 Å². The number of carbonyl (C=O) groups excluding carboxylic acids is 1. The summed E-state index contributed by atoms with van der Waals surface area (Å²) in [6, 6.07) is 31.0. The van der Waals surface area contributed by atoms with Crippen LogP contribution in [0.1, 0.15) is 24.2 Å². The number of anilines is 1. The first kappa shape index (κ1) is 32.0. The van der Waals surface area contributed by atoms with Crippen molar-refractivity contribution in [3.8, 4) is 5.75 Å². The number of azo groups is 3. The lowest BCUT2D eigenvalue weighted by molar-refractivity contribution is 0.0735. The van der Waals surface area contributed by atoms with E-state index in [1.165, 1.54) is 28.4 Å². The van der Waals surface area contributed by atoms with Gasteiger partial charge in [0.25, 0.3) is 0 Å². The van der Waals surface area contributed by atoms with Crippen molar-refractivity contribution in [2.75, 3.05) is 18.0 Å². The van der Waals surface area contributed by atoms with Crippen molar-refractivity contribution in [1.82, 2.24) is 4.98 Å². The predicted molar refractivity (Wildman–Crippen MR) is 192 cm³/mol. The van der Waals surface area contributed by atoms with Crippen LogP contribution in [0, 0.1) is 0 Å². The molecule has 0 unspecified atom stereocenters. The van der Waals surface area contributed by atoms with Crippen molar-refractivity contribution >= 4 is 92.7 Å². The van der Waals surface area contributed by atoms with Gasteiger partial charge in [-0.15, -0.1) is 20.5 Å². The second kappa shape index (κ2) is 15.1. The zero-order valence-corrected chi connectivity index (χ0v) is 28.5. The van der Waals surface area contributed by atoms with Crippen LogP contribution in [0.4, 0.5) is 38.6 Å². The summed E-state index contributed by atoms with van der Waals surface area (Å²) in [5, 5.41) is 27.1. The fraction of sp³-hybridized carbons (Fsp3) is 0.118. The van der Waals surface area contributed by atoms with Crippen molar-refractivity contribution < 1.29 is 9.53 Å². The molecule has 0 atom stereocenters. The smallest absolute Gasteiger partial charge is 0.343 e. The fourth-order valence-electron chi connectivity index (χ4n) is 4.36. The molecule has 0 spiro atoms. The quantitative estimate of drug-likeness (QED) is 0.0751. The van der Waals surface area contributed by atoms with E-state index < -0.39 is 5.97 Å². The largest absolute Gasteiger partial charge is 0.423 e. The number of hydrogen-bond acceptors (Lipinski definition) is 12. The second-order valence-corrected chi connectivity index (χ2v) is 12.9. The molecule has 0 saturated carbocycles. The van der Waals surface area contributed by atoms with Crippen molar-refractivity contribution in [2.24, 2.45) is 30.7 Å². The first-order chi connectivity index (χ1) is 22.9. The molecule has 0 N–H and O–H groups in total. The van der Waals surface area contributed by atoms with Crippen LogP contribution in [0.2, 0.25) is 0 Å². The number of thiophene rings is 1. The van der Waals surface area contributed by atoms with Gasteiger partial charge in [-0.1, -0.05) is 38.6 Å². The molecule has 0 aliphatic rings. The number of fused-ring (bicyclic) bond motifs is 1. The first-order valence-corrected chi connectivity index (χ1v) is 17.1. The van der Waals surface area contributed by atoms with E-state index in [-0.39, 0.29) is 0 Å². The molecule has 0 bridgehead atoms. The van der Waals surface area contributed by atoms with E-state index in [1.807, 2.05) is 42.5 Å². The van der Waals surface area contributed by atoms with Crippen LogP contribution in [-0.2, 0) is 0 Å². The molecule has 234 valence electrons. The summed E-state index contributed by atoms with van der Waals surface area (Å²) < 4.78 is 7.45. The van der Waals surface area contributed by atoms with Gasteiger partial charge in [-0.05, 0) is 117 Å². The Morgan fingerprint density at radius 2 is 1.23 bits per heavy atom. The highest BCUT2D eigenvalue weighted by atomic mass is 79.9. The van der Waals surface area contributed by atoms with Gasteiger partial charge in [0.1, 0.15) is 15.6 Å². The van der Waals surface area contributed by atoms with E-state index in [2.05, 4.69) is 82.5 Å². The van der Waals surface area contributed by atoms with Crippen LogP contribution < -0.4 is 9.64 Å². The Bertz CT molecular complexity index is 2020. The molecule has 0 aliphatic carbocycles. The van der Waals surface area contributed by atoms with Crippen molar-refractivity contribution in [3.63, 3.8) is 0 Å². The van der Waals surface area contributed by atoms with Gasteiger partial charge < -0.3 is 9.64 Å². The molecule has 4 aromatic carbocycles. The number of halogens is 1. The Morgan fingerprint density at radius 3 is 1.83 bits per heavy atom. The molecular formula is C34H27BrN8O2S2. The van der Waals surface area contributed by atoms with Crippen molar-refractivity contribution in [3.05, 3.63) is 113 Å². The topological polar surface area (TPSA) is 117 Å². The lowest BCUT2D eigenvalue weighted by Gasteiger charge is -2.20. The van der Waals surface area contributed by atoms with E-state index >= 15 is 0 Å². The molecule has 47 heavy (non-hydrogen) atoms. The van der Waals surface area contributed by atoms with Crippen LogP contribution in [0.15, 0.2) is 138 Å². The summed E-state index contributed by atoms with van der Waals surface area (Å²) in [5.41, 5.74) is 4.32. The summed E-state index contributed by atoms with van der Waals surface area (Å²) in [5.74, 6) is -0.0753. The average Bonchev–Trinajstić information content (AvgIpc) is 3.67. The van der Waals surface area contributed by atoms with Gasteiger partial charge in [-0.3, -0.25) is 0 Å². The van der Waals surface area contributed by atoms with Gasteiger partial charge in [0, 0.05) is 23.2 Å². The summed E-state index contributed by atoms with van der Waals surface area (Å²) >= 11 is 6.27. The van der Waals surface area contributed by atoms with Crippen LogP contribution in [-0.4, -0.2) is 24.0 Å². The number of carbonyl (C=O) groups is 1. The number of rotatable bonds is 11. The van der Waals surface area contributed by atoms with Gasteiger partial charge >= 0.3 is 5.97 Å². The van der Waals surface area contributed by atoms with Crippen LogP contribution >= 0.6 is 38.6 Å². The highest BCUT2D eigenvalue weighted by Crippen LogP contribution is 2.39. The normalized spacial score (nSPS) is 11.7. The zero-order chi connectivity index (χ0) is 32.6. The molecule has 0 amide bonds. The molecule has 0 radical (unpaired) electrons. The number of hydrogen-bond donors (Lipinski definition) is 0. The molecule has 2 aromatic heterocycles. The van der Waals surface area contributed by atoms with Crippen LogP contribution in [0.3, 0.4) is 0 Å². The minimum absolute atomic E-state index is 0.394. The van der Waals surface area contributed by atoms with E-state index in [9.17, 15) is 4.79 Å². The lowest BCUT2D eigenvalue weighted by Crippen LogP contribution is -2.21. The molecule has 0 aliphatic heterocycles. The molecule has 6 aromatic rings. The number of nitrogens with zero attached hydrogens (tertiary/aromatic N) is 8. The predicted octanol–water partition coefficient (Wildman–Crippen LogP) is 12.4.